The SMILES string of the molecule is COC(=O)c1cccc(Nc2c(-c3ccco3)nc3cnccn23)c1. The van der Waals surface area contributed by atoms with E-state index in [0.717, 1.165) is 11.5 Å². The smallest absolute Gasteiger partial charge is 0.337 e. The Morgan fingerprint density at radius 2 is 2.20 bits per heavy atom. The zero-order valence-electron chi connectivity index (χ0n) is 13.3. The third kappa shape index (κ3) is 2.72. The van der Waals surface area contributed by atoms with E-state index in [2.05, 4.69) is 15.3 Å². The first-order chi connectivity index (χ1) is 12.3. The van der Waals surface area contributed by atoms with Crippen LogP contribution in [0.2, 0.25) is 0 Å². The maximum Gasteiger partial charge on any atom is 0.337 e. The lowest BCUT2D eigenvalue weighted by Crippen LogP contribution is -2.02. The van der Waals surface area contributed by atoms with E-state index in [1.54, 1.807) is 49.1 Å². The molecule has 0 aliphatic carbocycles. The number of fused-ring (bicyclic) bond motifs is 1. The van der Waals surface area contributed by atoms with Crippen molar-refractivity contribution in [3.63, 3.8) is 0 Å². The number of nitrogens with zero attached hydrogens (tertiary/aromatic N) is 3. The van der Waals surface area contributed by atoms with E-state index in [0.29, 0.717) is 22.7 Å². The van der Waals surface area contributed by atoms with Crippen LogP contribution in [0.4, 0.5) is 11.5 Å². The van der Waals surface area contributed by atoms with Crippen LogP contribution in [0.3, 0.4) is 0 Å². The number of rotatable bonds is 4. The quantitative estimate of drug-likeness (QED) is 0.575. The lowest BCUT2D eigenvalue weighted by molar-refractivity contribution is 0.0601. The van der Waals surface area contributed by atoms with E-state index in [4.69, 9.17) is 9.15 Å². The van der Waals surface area contributed by atoms with Gasteiger partial charge in [-0.25, -0.2) is 9.78 Å². The molecule has 0 atom stereocenters. The van der Waals surface area contributed by atoms with Gasteiger partial charge in [0.25, 0.3) is 0 Å². The number of esters is 1. The fraction of sp³-hybridized carbons (Fsp3) is 0.0556. The highest BCUT2D eigenvalue weighted by molar-refractivity contribution is 5.91. The lowest BCUT2D eigenvalue weighted by Gasteiger charge is -2.09. The summed E-state index contributed by atoms with van der Waals surface area (Å²) in [5.41, 5.74) is 2.53. The Morgan fingerprint density at radius 3 is 3.00 bits per heavy atom. The summed E-state index contributed by atoms with van der Waals surface area (Å²) in [4.78, 5) is 20.4. The summed E-state index contributed by atoms with van der Waals surface area (Å²) in [6.45, 7) is 0. The third-order valence-electron chi connectivity index (χ3n) is 3.73. The highest BCUT2D eigenvalue weighted by Crippen LogP contribution is 2.31. The first-order valence-corrected chi connectivity index (χ1v) is 7.57. The predicted octanol–water partition coefficient (Wildman–Crippen LogP) is 3.52. The number of ether oxygens (including phenoxy) is 1. The summed E-state index contributed by atoms with van der Waals surface area (Å²) in [5.74, 6) is 0.960. The fourth-order valence-corrected chi connectivity index (χ4v) is 2.59. The first-order valence-electron chi connectivity index (χ1n) is 7.57. The fourth-order valence-electron chi connectivity index (χ4n) is 2.59. The molecule has 4 rings (SSSR count). The second-order valence-corrected chi connectivity index (χ2v) is 5.29. The van der Waals surface area contributed by atoms with Crippen molar-refractivity contribution < 1.29 is 13.9 Å². The van der Waals surface area contributed by atoms with Crippen LogP contribution >= 0.6 is 0 Å². The Labute approximate surface area is 142 Å². The van der Waals surface area contributed by atoms with Crippen molar-refractivity contribution in [1.82, 2.24) is 14.4 Å². The highest BCUT2D eigenvalue weighted by atomic mass is 16.5. The molecule has 3 heterocycles. The Kier molecular flexibility index (Phi) is 3.66. The summed E-state index contributed by atoms with van der Waals surface area (Å²) in [5, 5.41) is 3.31. The number of carbonyl (C=O) groups is 1. The molecule has 0 bridgehead atoms. The monoisotopic (exact) mass is 334 g/mol. The molecule has 1 N–H and O–H groups in total. The van der Waals surface area contributed by atoms with Crippen LogP contribution in [0.1, 0.15) is 10.4 Å². The van der Waals surface area contributed by atoms with Gasteiger partial charge in [-0.2, -0.15) is 0 Å². The van der Waals surface area contributed by atoms with Crippen molar-refractivity contribution in [3.05, 3.63) is 66.8 Å². The Bertz CT molecular complexity index is 1040. The number of imidazole rings is 1. The van der Waals surface area contributed by atoms with E-state index in [9.17, 15) is 4.79 Å². The number of methoxy groups -OCH3 is 1. The molecule has 0 saturated heterocycles. The molecule has 0 amide bonds. The minimum absolute atomic E-state index is 0.391. The van der Waals surface area contributed by atoms with Gasteiger partial charge in [0.1, 0.15) is 11.5 Å². The van der Waals surface area contributed by atoms with Gasteiger partial charge in [-0.1, -0.05) is 6.07 Å². The molecule has 4 aromatic rings. The molecule has 0 radical (unpaired) electrons. The van der Waals surface area contributed by atoms with Gasteiger partial charge in [-0.05, 0) is 30.3 Å². The number of nitrogens with one attached hydrogen (secondary N) is 1. The minimum atomic E-state index is -0.391. The Hall–Kier alpha value is -3.61. The molecule has 0 aliphatic heterocycles. The van der Waals surface area contributed by atoms with Gasteiger partial charge < -0.3 is 14.5 Å². The maximum atomic E-state index is 11.7. The molecular weight excluding hydrogens is 320 g/mol. The zero-order chi connectivity index (χ0) is 17.2. The van der Waals surface area contributed by atoms with Crippen LogP contribution in [0.15, 0.2) is 65.7 Å². The molecule has 7 heteroatoms. The lowest BCUT2D eigenvalue weighted by atomic mass is 10.2. The Balaban J connectivity index is 1.81. The van der Waals surface area contributed by atoms with Gasteiger partial charge in [0, 0.05) is 18.1 Å². The van der Waals surface area contributed by atoms with E-state index >= 15 is 0 Å². The second kappa shape index (κ2) is 6.12. The minimum Gasteiger partial charge on any atom is -0.465 e. The summed E-state index contributed by atoms with van der Waals surface area (Å²) < 4.78 is 12.1. The number of benzene rings is 1. The Morgan fingerprint density at radius 1 is 1.28 bits per heavy atom. The zero-order valence-corrected chi connectivity index (χ0v) is 13.3. The number of hydrogen-bond acceptors (Lipinski definition) is 6. The van der Waals surface area contributed by atoms with Gasteiger partial charge in [0.05, 0.1) is 25.1 Å². The van der Waals surface area contributed by atoms with Crippen LogP contribution in [0, 0.1) is 0 Å². The van der Waals surface area contributed by atoms with E-state index in [-0.39, 0.29) is 0 Å². The molecule has 124 valence electrons. The number of hydrogen-bond donors (Lipinski definition) is 1. The normalized spacial score (nSPS) is 10.8. The highest BCUT2D eigenvalue weighted by Gasteiger charge is 2.17. The van der Waals surface area contributed by atoms with E-state index in [1.165, 1.54) is 7.11 Å². The van der Waals surface area contributed by atoms with Crippen molar-refractivity contribution in [3.8, 4) is 11.5 Å². The first kappa shape index (κ1) is 14.9. The average molecular weight is 334 g/mol. The molecule has 0 unspecified atom stereocenters. The van der Waals surface area contributed by atoms with Crippen molar-refractivity contribution in [2.45, 2.75) is 0 Å². The van der Waals surface area contributed by atoms with Crippen LogP contribution < -0.4 is 5.32 Å². The maximum absolute atomic E-state index is 11.7. The average Bonchev–Trinajstić information content (AvgIpc) is 3.29. The third-order valence-corrected chi connectivity index (χ3v) is 3.73. The van der Waals surface area contributed by atoms with Crippen LogP contribution in [0.5, 0.6) is 0 Å². The summed E-state index contributed by atoms with van der Waals surface area (Å²) in [6, 6.07) is 10.7. The topological polar surface area (TPSA) is 81.7 Å². The van der Waals surface area contributed by atoms with Crippen molar-refractivity contribution in [2.75, 3.05) is 12.4 Å². The molecule has 3 aromatic heterocycles. The molecular formula is C18H14N4O3. The van der Waals surface area contributed by atoms with Gasteiger partial charge in [-0.3, -0.25) is 9.38 Å². The van der Waals surface area contributed by atoms with Gasteiger partial charge in [0.15, 0.2) is 11.4 Å². The van der Waals surface area contributed by atoms with Crippen LogP contribution in [-0.4, -0.2) is 27.4 Å². The molecule has 25 heavy (non-hydrogen) atoms. The van der Waals surface area contributed by atoms with Crippen molar-refractivity contribution in [2.24, 2.45) is 0 Å². The van der Waals surface area contributed by atoms with Gasteiger partial charge in [-0.15, -0.1) is 0 Å². The van der Waals surface area contributed by atoms with Crippen molar-refractivity contribution >= 4 is 23.1 Å². The van der Waals surface area contributed by atoms with Crippen LogP contribution in [0.25, 0.3) is 17.1 Å². The molecule has 0 spiro atoms. The number of carbonyl (C=O) groups excluding carboxylic acids is 1. The number of aromatic nitrogens is 3. The predicted molar refractivity (Wildman–Crippen MR) is 91.8 cm³/mol. The largest absolute Gasteiger partial charge is 0.465 e. The number of furan rings is 1. The standard InChI is InChI=1S/C18H14N4O3/c1-24-18(23)12-4-2-5-13(10-12)20-17-16(14-6-3-9-25-14)21-15-11-19-7-8-22(15)17/h2-11,20H,1H3. The number of anilines is 2. The van der Waals surface area contributed by atoms with Gasteiger partial charge >= 0.3 is 5.97 Å². The van der Waals surface area contributed by atoms with Crippen molar-refractivity contribution in [1.29, 1.82) is 0 Å². The molecule has 0 fully saturated rings. The summed E-state index contributed by atoms with van der Waals surface area (Å²) in [7, 11) is 1.36. The van der Waals surface area contributed by atoms with E-state index in [1.807, 2.05) is 16.5 Å². The second-order valence-electron chi connectivity index (χ2n) is 5.29. The van der Waals surface area contributed by atoms with Gasteiger partial charge in [0.2, 0.25) is 0 Å². The summed E-state index contributed by atoms with van der Waals surface area (Å²) in [6.07, 6.45) is 6.75. The van der Waals surface area contributed by atoms with Crippen LogP contribution in [-0.2, 0) is 4.74 Å². The summed E-state index contributed by atoms with van der Waals surface area (Å²) >= 11 is 0. The molecule has 0 aliphatic rings. The molecule has 0 saturated carbocycles. The molecule has 1 aromatic carbocycles. The van der Waals surface area contributed by atoms with E-state index < -0.39 is 5.97 Å². The molecule has 7 nitrogen and oxygen atoms in total.